The fraction of sp³-hybridized carbons (Fsp3) is 0.375. The van der Waals surface area contributed by atoms with Crippen LogP contribution in [0.3, 0.4) is 0 Å². The minimum atomic E-state index is -4.03. The van der Waals surface area contributed by atoms with Crippen molar-refractivity contribution in [2.75, 3.05) is 32.8 Å². The van der Waals surface area contributed by atoms with E-state index in [2.05, 4.69) is 5.32 Å². The van der Waals surface area contributed by atoms with Crippen molar-refractivity contribution in [3.8, 4) is 11.5 Å². The van der Waals surface area contributed by atoms with E-state index in [0.29, 0.717) is 23.5 Å². The number of amides is 1. The number of aliphatic hydroxyl groups excluding tert-OH is 1. The Morgan fingerprint density at radius 1 is 1.17 bits per heavy atom. The predicted molar refractivity (Wildman–Crippen MR) is 120 cm³/mol. The molecule has 1 aromatic heterocycles. The molecule has 0 bridgehead atoms. The van der Waals surface area contributed by atoms with Crippen molar-refractivity contribution in [3.05, 3.63) is 58.6 Å². The third-order valence-electron chi connectivity index (χ3n) is 6.13. The number of rotatable bonds is 7. The molecule has 3 heterocycles. The monoisotopic (exact) mass is 510 g/mol. The Bertz CT molecular complexity index is 1260. The third kappa shape index (κ3) is 4.65. The van der Waals surface area contributed by atoms with Crippen LogP contribution in [0.2, 0.25) is 5.02 Å². The van der Waals surface area contributed by atoms with E-state index in [9.17, 15) is 14.3 Å². The first kappa shape index (κ1) is 23.8. The molecule has 0 spiro atoms. The van der Waals surface area contributed by atoms with E-state index in [0.717, 1.165) is 18.6 Å². The minimum absolute atomic E-state index is 0.0688. The summed E-state index contributed by atoms with van der Waals surface area (Å²) >= 11 is 5.91. The molecule has 1 fully saturated rings. The van der Waals surface area contributed by atoms with Gasteiger partial charge in [0, 0.05) is 17.0 Å². The second-order valence-electron chi connectivity index (χ2n) is 8.57. The lowest BCUT2D eigenvalue weighted by Crippen LogP contribution is -2.53. The van der Waals surface area contributed by atoms with Crippen LogP contribution in [0, 0.1) is 5.82 Å². The van der Waals surface area contributed by atoms with E-state index in [4.69, 9.17) is 25.5 Å². The van der Waals surface area contributed by atoms with Crippen LogP contribution in [0.5, 0.6) is 11.5 Å². The van der Waals surface area contributed by atoms with Gasteiger partial charge in [-0.05, 0) is 61.5 Å². The summed E-state index contributed by atoms with van der Waals surface area (Å²) in [5.41, 5.74) is 0.222. The Hall–Kier alpha value is -2.95. The van der Waals surface area contributed by atoms with Crippen molar-refractivity contribution >= 4 is 28.5 Å². The number of carbonyl (C=O) groups is 1. The predicted octanol–water partition coefficient (Wildman–Crippen LogP) is 4.01. The van der Waals surface area contributed by atoms with Gasteiger partial charge in [-0.15, -0.1) is 0 Å². The van der Waals surface area contributed by atoms with E-state index in [-0.39, 0.29) is 42.4 Å². The van der Waals surface area contributed by atoms with Crippen molar-refractivity contribution in [1.82, 2.24) is 10.2 Å². The van der Waals surface area contributed by atoms with Gasteiger partial charge < -0.3 is 29.2 Å². The topological polar surface area (TPSA) is 84.2 Å². The quantitative estimate of drug-likeness (QED) is 0.500. The molecule has 0 radical (unpaired) electrons. The summed E-state index contributed by atoms with van der Waals surface area (Å²) < 4.78 is 60.6. The van der Waals surface area contributed by atoms with Crippen molar-refractivity contribution in [2.45, 2.75) is 24.5 Å². The van der Waals surface area contributed by atoms with Gasteiger partial charge in [0.1, 0.15) is 24.9 Å². The maximum absolute atomic E-state index is 15.1. The Morgan fingerprint density at radius 3 is 2.69 bits per heavy atom. The maximum atomic E-state index is 15.1. The number of hydrogen-bond acceptors (Lipinski definition) is 6. The molecule has 0 aliphatic carbocycles. The van der Waals surface area contributed by atoms with E-state index in [1.165, 1.54) is 24.3 Å². The number of likely N-dealkylation sites (tertiary alicyclic amines) is 1. The Morgan fingerprint density at radius 2 is 1.94 bits per heavy atom. The number of alkyl halides is 2. The first-order chi connectivity index (χ1) is 16.7. The fourth-order valence-corrected chi connectivity index (χ4v) is 4.32. The highest BCUT2D eigenvalue weighted by Gasteiger charge is 2.46. The fourth-order valence-electron chi connectivity index (χ4n) is 4.14. The summed E-state index contributed by atoms with van der Waals surface area (Å²) in [5, 5.41) is 13.9. The molecular weight excluding hydrogens is 489 g/mol. The summed E-state index contributed by atoms with van der Waals surface area (Å²) in [6, 6.07) is 6.70. The van der Waals surface area contributed by atoms with E-state index < -0.39 is 35.6 Å². The van der Waals surface area contributed by atoms with E-state index >= 15 is 8.78 Å². The van der Waals surface area contributed by atoms with E-state index in [1.807, 2.05) is 4.90 Å². The number of nitrogens with zero attached hydrogens (tertiary/aromatic N) is 1. The van der Waals surface area contributed by atoms with Crippen LogP contribution in [-0.2, 0) is 10.7 Å². The van der Waals surface area contributed by atoms with Gasteiger partial charge in [-0.3, -0.25) is 4.79 Å². The summed E-state index contributed by atoms with van der Waals surface area (Å²) in [7, 11) is 0. The second-order valence-corrected chi connectivity index (χ2v) is 9.01. The summed E-state index contributed by atoms with van der Waals surface area (Å²) in [4.78, 5) is 14.6. The number of carbonyl (C=O) groups excluding carboxylic acids is 1. The number of benzene rings is 2. The Labute approximate surface area is 203 Å². The molecule has 3 aromatic rings. The third-order valence-corrected chi connectivity index (χ3v) is 6.37. The number of aliphatic hydroxyl groups is 1. The Balaban J connectivity index is 1.40. The number of fused-ring (bicyclic) bond motifs is 2. The smallest absolute Gasteiger partial charge is 0.380 e. The van der Waals surface area contributed by atoms with Gasteiger partial charge in [-0.25, -0.2) is 4.39 Å². The van der Waals surface area contributed by atoms with Crippen molar-refractivity contribution in [2.24, 2.45) is 0 Å². The average molecular weight is 511 g/mol. The molecule has 2 N–H and O–H groups in total. The first-order valence-corrected chi connectivity index (χ1v) is 11.5. The van der Waals surface area contributed by atoms with Crippen molar-refractivity contribution in [3.63, 3.8) is 0 Å². The summed E-state index contributed by atoms with van der Waals surface area (Å²) in [6.45, 7) is 1.86. The van der Waals surface area contributed by atoms with Gasteiger partial charge in [-0.2, -0.15) is 8.78 Å². The number of hydrogen-bond donors (Lipinski definition) is 2. The zero-order chi connectivity index (χ0) is 24.7. The standard InChI is InChI=1S/C24H22ClF3N2O5/c25-15-2-3-18-13(8-15)11-20(35-18)24(27,28)23(32)29-17(12-30-4-1-5-30)21(31)14-9-16(26)22-19(10-14)33-6-7-34-22/h2-3,8-11,17,21,31H,1,4-7,12H2,(H,29,32)/t17-,21-/m1/s1. The van der Waals surface area contributed by atoms with Gasteiger partial charge in [-0.1, -0.05) is 11.6 Å². The van der Waals surface area contributed by atoms with Gasteiger partial charge in [0.25, 0.3) is 5.91 Å². The number of ether oxygens (including phenoxy) is 2. The molecule has 1 saturated heterocycles. The van der Waals surface area contributed by atoms with Crippen LogP contribution in [0.1, 0.15) is 23.8 Å². The van der Waals surface area contributed by atoms with Crippen LogP contribution in [0.25, 0.3) is 11.0 Å². The van der Waals surface area contributed by atoms with Crippen LogP contribution in [0.15, 0.2) is 40.8 Å². The first-order valence-electron chi connectivity index (χ1n) is 11.1. The van der Waals surface area contributed by atoms with Gasteiger partial charge in [0.15, 0.2) is 23.1 Å². The highest BCUT2D eigenvalue weighted by atomic mass is 35.5. The molecule has 2 aromatic carbocycles. The summed E-state index contributed by atoms with van der Waals surface area (Å²) in [6.07, 6.45) is -0.581. The maximum Gasteiger partial charge on any atom is 0.380 e. The molecule has 2 aliphatic heterocycles. The SMILES string of the molecule is O=C(N[C@H](CN1CCC1)[C@H](O)c1cc(F)c2c(c1)OCCO2)C(F)(F)c1cc2cc(Cl)ccc2o1. The molecule has 0 unspecified atom stereocenters. The Kier molecular flexibility index (Phi) is 6.29. The van der Waals surface area contributed by atoms with E-state index in [1.54, 1.807) is 0 Å². The molecule has 7 nitrogen and oxygen atoms in total. The lowest BCUT2D eigenvalue weighted by Gasteiger charge is -2.36. The van der Waals surface area contributed by atoms with Crippen molar-refractivity contribution < 1.29 is 37.0 Å². The molecule has 35 heavy (non-hydrogen) atoms. The van der Waals surface area contributed by atoms with Crippen LogP contribution in [-0.4, -0.2) is 54.8 Å². The number of furan rings is 1. The molecule has 1 amide bonds. The minimum Gasteiger partial charge on any atom is -0.486 e. The lowest BCUT2D eigenvalue weighted by atomic mass is 9.99. The molecule has 11 heteroatoms. The molecular formula is C24H22ClF3N2O5. The molecule has 2 aliphatic rings. The average Bonchev–Trinajstić information content (AvgIpc) is 3.24. The van der Waals surface area contributed by atoms with Crippen LogP contribution in [0.4, 0.5) is 13.2 Å². The molecule has 5 rings (SSSR count). The highest BCUT2D eigenvalue weighted by Crippen LogP contribution is 2.38. The second kappa shape index (κ2) is 9.25. The van der Waals surface area contributed by atoms with Gasteiger partial charge in [0.2, 0.25) is 0 Å². The molecule has 0 saturated carbocycles. The summed E-state index contributed by atoms with van der Waals surface area (Å²) in [5.74, 6) is -7.26. The normalized spacial score (nSPS) is 17.6. The zero-order valence-electron chi connectivity index (χ0n) is 18.4. The van der Waals surface area contributed by atoms with Crippen LogP contribution >= 0.6 is 11.6 Å². The van der Waals surface area contributed by atoms with Crippen molar-refractivity contribution in [1.29, 1.82) is 0 Å². The number of nitrogens with one attached hydrogen (secondary N) is 1. The largest absolute Gasteiger partial charge is 0.486 e. The number of halogens is 4. The zero-order valence-corrected chi connectivity index (χ0v) is 19.2. The lowest BCUT2D eigenvalue weighted by molar-refractivity contribution is -0.151. The van der Waals surface area contributed by atoms with Gasteiger partial charge in [0.05, 0.1) is 6.04 Å². The van der Waals surface area contributed by atoms with Gasteiger partial charge >= 0.3 is 5.92 Å². The van der Waals surface area contributed by atoms with Crippen LogP contribution < -0.4 is 14.8 Å². The molecule has 2 atom stereocenters. The highest BCUT2D eigenvalue weighted by molar-refractivity contribution is 6.31. The molecule has 186 valence electrons.